The molecule has 10 heteroatoms. The monoisotopic (exact) mass is 547 g/mol. The Morgan fingerprint density at radius 1 is 1.15 bits per heavy atom. The Morgan fingerprint density at radius 3 is 2.62 bits per heavy atom. The predicted molar refractivity (Wildman–Crippen MR) is 151 cm³/mol. The van der Waals surface area contributed by atoms with Gasteiger partial charge in [-0.05, 0) is 56.7 Å². The van der Waals surface area contributed by atoms with Crippen LogP contribution in [0.3, 0.4) is 0 Å². The number of benzene rings is 2. The Bertz CT molecular complexity index is 1540. The summed E-state index contributed by atoms with van der Waals surface area (Å²) in [5.74, 6) is -0.755. The zero-order valence-electron chi connectivity index (χ0n) is 23.2. The van der Waals surface area contributed by atoms with Gasteiger partial charge >= 0.3 is 0 Å². The molecule has 2 aromatic carbocycles. The summed E-state index contributed by atoms with van der Waals surface area (Å²) >= 11 is 0. The second-order valence-corrected chi connectivity index (χ2v) is 10.7. The number of hydrogen-bond acceptors (Lipinski definition) is 7. The van der Waals surface area contributed by atoms with Crippen LogP contribution in [0.2, 0.25) is 0 Å². The number of nitrogens with one attached hydrogen (secondary N) is 1. The van der Waals surface area contributed by atoms with Gasteiger partial charge in [0.1, 0.15) is 11.4 Å². The fourth-order valence-corrected chi connectivity index (χ4v) is 4.94. The number of hydrogen-bond donors (Lipinski definition) is 2. The molecule has 40 heavy (non-hydrogen) atoms. The molecule has 5 rings (SSSR count). The molecular formula is C30H34FN5O4. The minimum atomic E-state index is -1.09. The highest BCUT2D eigenvalue weighted by Crippen LogP contribution is 2.32. The summed E-state index contributed by atoms with van der Waals surface area (Å²) < 4.78 is 28.4. The van der Waals surface area contributed by atoms with Crippen molar-refractivity contribution < 1.29 is 23.8 Å². The number of rotatable bonds is 8. The Morgan fingerprint density at radius 2 is 1.90 bits per heavy atom. The number of anilines is 1. The van der Waals surface area contributed by atoms with Gasteiger partial charge in [-0.15, -0.1) is 0 Å². The van der Waals surface area contributed by atoms with Gasteiger partial charge in [0.2, 0.25) is 5.95 Å². The molecule has 2 N–H and O–H groups in total. The summed E-state index contributed by atoms with van der Waals surface area (Å²) in [7, 11) is 1.50. The zero-order chi connectivity index (χ0) is 28.4. The van der Waals surface area contributed by atoms with E-state index in [1.54, 1.807) is 49.6 Å². The first kappa shape index (κ1) is 27.7. The summed E-state index contributed by atoms with van der Waals surface area (Å²) in [5.41, 5.74) is 2.21. The molecule has 9 nitrogen and oxygen atoms in total. The zero-order valence-corrected chi connectivity index (χ0v) is 23.2. The molecule has 1 saturated heterocycles. The van der Waals surface area contributed by atoms with E-state index in [0.29, 0.717) is 35.7 Å². The molecule has 0 radical (unpaired) electrons. The fraction of sp³-hybridized carbons (Fsp3) is 0.367. The summed E-state index contributed by atoms with van der Waals surface area (Å²) in [5, 5.41) is 13.4. The van der Waals surface area contributed by atoms with Crippen molar-refractivity contribution in [3.8, 4) is 17.0 Å². The number of pyridine rings is 1. The molecule has 0 atom stereocenters. The fourth-order valence-electron chi connectivity index (χ4n) is 4.94. The second kappa shape index (κ2) is 11.3. The predicted octanol–water partition coefficient (Wildman–Crippen LogP) is 4.41. The van der Waals surface area contributed by atoms with Crippen molar-refractivity contribution in [2.24, 2.45) is 0 Å². The van der Waals surface area contributed by atoms with Gasteiger partial charge in [-0.25, -0.2) is 14.4 Å². The third-order valence-corrected chi connectivity index (χ3v) is 6.79. The van der Waals surface area contributed by atoms with Crippen molar-refractivity contribution >= 4 is 22.9 Å². The lowest BCUT2D eigenvalue weighted by Gasteiger charge is -2.26. The van der Waals surface area contributed by atoms with Crippen LogP contribution in [0.25, 0.3) is 22.3 Å². The third kappa shape index (κ3) is 5.99. The van der Waals surface area contributed by atoms with Crippen LogP contribution in [0.4, 0.5) is 10.3 Å². The van der Waals surface area contributed by atoms with Crippen molar-refractivity contribution in [3.63, 3.8) is 0 Å². The lowest BCUT2D eigenvalue weighted by atomic mass is 10.1. The summed E-state index contributed by atoms with van der Waals surface area (Å²) in [6.07, 6.45) is 0. The number of carbonyl (C=O) groups excluding carboxylic acids is 1. The van der Waals surface area contributed by atoms with Gasteiger partial charge in [0, 0.05) is 30.9 Å². The first-order valence-corrected chi connectivity index (χ1v) is 13.3. The van der Waals surface area contributed by atoms with Crippen LogP contribution in [-0.2, 0) is 17.8 Å². The molecule has 210 valence electrons. The van der Waals surface area contributed by atoms with Crippen LogP contribution >= 0.6 is 0 Å². The molecule has 0 spiro atoms. The Labute approximate surface area is 232 Å². The third-order valence-electron chi connectivity index (χ3n) is 6.79. The first-order valence-electron chi connectivity index (χ1n) is 13.3. The molecule has 1 fully saturated rings. The molecule has 0 bridgehead atoms. The van der Waals surface area contributed by atoms with E-state index in [4.69, 9.17) is 14.5 Å². The number of fused-ring (bicyclic) bond motifs is 1. The number of imidazole rings is 1. The van der Waals surface area contributed by atoms with E-state index in [-0.39, 0.29) is 23.8 Å². The molecule has 0 unspecified atom stereocenters. The first-order chi connectivity index (χ1) is 19.1. The highest BCUT2D eigenvalue weighted by Gasteiger charge is 2.25. The average Bonchev–Trinajstić information content (AvgIpc) is 3.24. The van der Waals surface area contributed by atoms with Crippen LogP contribution in [0.5, 0.6) is 5.75 Å². The number of aliphatic hydroxyl groups is 1. The minimum Gasteiger partial charge on any atom is -0.496 e. The van der Waals surface area contributed by atoms with Crippen LogP contribution < -0.4 is 10.1 Å². The van der Waals surface area contributed by atoms with Crippen molar-refractivity contribution in [3.05, 3.63) is 71.2 Å². The summed E-state index contributed by atoms with van der Waals surface area (Å²) in [4.78, 5) is 24.9. The molecule has 3 heterocycles. The van der Waals surface area contributed by atoms with Gasteiger partial charge in [-0.1, -0.05) is 18.2 Å². The van der Waals surface area contributed by atoms with E-state index < -0.39 is 17.3 Å². The number of ether oxygens (including phenoxy) is 2. The van der Waals surface area contributed by atoms with Crippen LogP contribution in [0, 0.1) is 12.7 Å². The second-order valence-electron chi connectivity index (χ2n) is 10.7. The maximum absolute atomic E-state index is 15.8. The topological polar surface area (TPSA) is 102 Å². The Hall–Kier alpha value is -3.86. The minimum absolute atomic E-state index is 0.0281. The number of para-hydroxylation sites is 1. The number of aryl methyl sites for hydroxylation is 1. The summed E-state index contributed by atoms with van der Waals surface area (Å²) in [6, 6.07) is 14.3. The van der Waals surface area contributed by atoms with Crippen LogP contribution in [0.1, 0.15) is 35.5 Å². The molecule has 1 amide bonds. The molecule has 1 aliphatic heterocycles. The van der Waals surface area contributed by atoms with Gasteiger partial charge in [-0.2, -0.15) is 0 Å². The molecule has 0 aliphatic carbocycles. The molecule has 0 saturated carbocycles. The standard InChI is InChI=1S/C30H34FN5O4/c1-19-15-22(26(31)27(32-19)21-7-5-6-8-25(21)39-4)28(37)34-29-33-23-16-20(17-35-11-13-40-14-12-35)9-10-24(23)36(29)18-30(2,3)38/h5-10,15-16,38H,11-14,17-18H2,1-4H3,(H,33,34,37). The quantitative estimate of drug-likeness (QED) is 0.337. The van der Waals surface area contributed by atoms with Gasteiger partial charge < -0.3 is 19.1 Å². The van der Waals surface area contributed by atoms with E-state index in [0.717, 1.165) is 30.7 Å². The van der Waals surface area contributed by atoms with Crippen LogP contribution in [0.15, 0.2) is 48.5 Å². The van der Waals surface area contributed by atoms with E-state index in [1.165, 1.54) is 13.2 Å². The lowest BCUT2D eigenvalue weighted by Crippen LogP contribution is -2.35. The van der Waals surface area contributed by atoms with Gasteiger partial charge in [-0.3, -0.25) is 15.0 Å². The van der Waals surface area contributed by atoms with E-state index >= 15 is 4.39 Å². The van der Waals surface area contributed by atoms with Crippen molar-refractivity contribution in [1.82, 2.24) is 19.4 Å². The number of halogens is 1. The van der Waals surface area contributed by atoms with Crippen molar-refractivity contribution in [2.45, 2.75) is 39.5 Å². The number of morpholine rings is 1. The smallest absolute Gasteiger partial charge is 0.261 e. The van der Waals surface area contributed by atoms with Gasteiger partial charge in [0.25, 0.3) is 5.91 Å². The number of amides is 1. The van der Waals surface area contributed by atoms with Crippen LogP contribution in [-0.4, -0.2) is 69.5 Å². The Balaban J connectivity index is 1.50. The highest BCUT2D eigenvalue weighted by molar-refractivity contribution is 6.05. The largest absolute Gasteiger partial charge is 0.496 e. The maximum atomic E-state index is 15.8. The molecule has 2 aromatic heterocycles. The van der Waals surface area contributed by atoms with E-state index in [1.807, 2.05) is 18.2 Å². The normalized spacial score (nSPS) is 14.4. The number of methoxy groups -OCH3 is 1. The van der Waals surface area contributed by atoms with Crippen molar-refractivity contribution in [1.29, 1.82) is 0 Å². The number of nitrogens with zero attached hydrogens (tertiary/aromatic N) is 4. The maximum Gasteiger partial charge on any atom is 0.261 e. The number of aromatic nitrogens is 3. The molecular weight excluding hydrogens is 513 g/mol. The van der Waals surface area contributed by atoms with E-state index in [9.17, 15) is 9.90 Å². The average molecular weight is 548 g/mol. The number of carbonyl (C=O) groups is 1. The van der Waals surface area contributed by atoms with E-state index in [2.05, 4.69) is 15.2 Å². The van der Waals surface area contributed by atoms with Crippen molar-refractivity contribution in [2.75, 3.05) is 38.7 Å². The molecule has 4 aromatic rings. The summed E-state index contributed by atoms with van der Waals surface area (Å²) in [6.45, 7) is 9.14. The van der Waals surface area contributed by atoms with Gasteiger partial charge in [0.05, 0.1) is 49.1 Å². The SMILES string of the molecule is COc1ccccc1-c1nc(C)cc(C(=O)Nc2nc3cc(CN4CCOCC4)ccc3n2CC(C)(C)O)c1F. The molecule has 1 aliphatic rings. The van der Waals surface area contributed by atoms with Gasteiger partial charge in [0.15, 0.2) is 5.82 Å². The highest BCUT2D eigenvalue weighted by atomic mass is 19.1. The Kier molecular flexibility index (Phi) is 7.84. The lowest BCUT2D eigenvalue weighted by molar-refractivity contribution is 0.0342.